The number of para-hydroxylation sites is 1. The molecule has 3 amide bonds. The van der Waals surface area contributed by atoms with Crippen molar-refractivity contribution in [3.63, 3.8) is 0 Å². The van der Waals surface area contributed by atoms with E-state index in [4.69, 9.17) is 27.9 Å². The van der Waals surface area contributed by atoms with Gasteiger partial charge in [0.15, 0.2) is 0 Å². The molecule has 39 heavy (non-hydrogen) atoms. The molecule has 3 fully saturated rings. The number of nitrogens with one attached hydrogen (secondary N) is 1. The summed E-state index contributed by atoms with van der Waals surface area (Å²) >= 11 is 12.5. The number of piperidine rings is 1. The standard InChI is InChI=1S/C30H38Cl2N4O3/c31-24-9-8-23(26(32)21-24)20-27(33-30(38)36-14-3-4-15-36)29(37)35-16-10-22(11-17-35)25-6-1-2-7-28(25)39-19-18-34-12-5-13-34/h1-2,6-9,21-22,27H,3-5,10-20H2,(H,33,38)/t27-/m1/s1. The van der Waals surface area contributed by atoms with Gasteiger partial charge < -0.3 is 19.9 Å². The molecule has 3 aliphatic rings. The quantitative estimate of drug-likeness (QED) is 0.448. The molecule has 3 saturated heterocycles. The molecule has 5 rings (SSSR count). The molecule has 1 N–H and O–H groups in total. The molecule has 0 spiro atoms. The fourth-order valence-corrected chi connectivity index (χ4v) is 6.22. The highest BCUT2D eigenvalue weighted by Crippen LogP contribution is 2.34. The molecule has 0 unspecified atom stereocenters. The van der Waals surface area contributed by atoms with Gasteiger partial charge in [-0.15, -0.1) is 0 Å². The second-order valence-electron chi connectivity index (χ2n) is 10.8. The first-order chi connectivity index (χ1) is 19.0. The Morgan fingerprint density at radius 3 is 2.36 bits per heavy atom. The minimum Gasteiger partial charge on any atom is -0.492 e. The predicted molar refractivity (Wildman–Crippen MR) is 155 cm³/mol. The molecule has 9 heteroatoms. The number of rotatable bonds is 9. The Kier molecular flexibility index (Phi) is 9.53. The molecule has 0 bridgehead atoms. The summed E-state index contributed by atoms with van der Waals surface area (Å²) in [6.07, 6.45) is 5.29. The molecule has 2 aromatic carbocycles. The van der Waals surface area contributed by atoms with E-state index in [0.717, 1.165) is 56.6 Å². The molecule has 210 valence electrons. The Balaban J connectivity index is 1.22. The summed E-state index contributed by atoms with van der Waals surface area (Å²) in [4.78, 5) is 32.8. The van der Waals surface area contributed by atoms with E-state index in [2.05, 4.69) is 28.4 Å². The normalized spacial score (nSPS) is 19.0. The third kappa shape index (κ3) is 7.19. The van der Waals surface area contributed by atoms with Gasteiger partial charge in [0.1, 0.15) is 18.4 Å². The molecule has 3 heterocycles. The molecule has 1 atom stereocenters. The summed E-state index contributed by atoms with van der Waals surface area (Å²) in [6.45, 7) is 6.71. The highest BCUT2D eigenvalue weighted by Gasteiger charge is 2.32. The van der Waals surface area contributed by atoms with E-state index in [1.807, 2.05) is 17.0 Å². The first kappa shape index (κ1) is 28.1. The number of carbonyl (C=O) groups excluding carboxylic acids is 2. The number of nitrogens with zero attached hydrogens (tertiary/aromatic N) is 3. The zero-order valence-electron chi connectivity index (χ0n) is 22.4. The molecular formula is C30H38Cl2N4O3. The predicted octanol–water partition coefficient (Wildman–Crippen LogP) is 5.20. The molecule has 0 saturated carbocycles. The molecule has 0 radical (unpaired) electrons. The molecule has 2 aromatic rings. The van der Waals surface area contributed by atoms with E-state index < -0.39 is 6.04 Å². The highest BCUT2D eigenvalue weighted by atomic mass is 35.5. The van der Waals surface area contributed by atoms with Crippen LogP contribution in [0.25, 0.3) is 0 Å². The summed E-state index contributed by atoms with van der Waals surface area (Å²) in [5.74, 6) is 1.22. The van der Waals surface area contributed by atoms with Crippen LogP contribution in [0.1, 0.15) is 49.1 Å². The van der Waals surface area contributed by atoms with Crippen molar-refractivity contribution in [2.75, 3.05) is 52.4 Å². The second-order valence-corrected chi connectivity index (χ2v) is 11.7. The lowest BCUT2D eigenvalue weighted by atomic mass is 9.88. The third-order valence-corrected chi connectivity index (χ3v) is 8.79. The van der Waals surface area contributed by atoms with Crippen molar-refractivity contribution in [1.29, 1.82) is 0 Å². The van der Waals surface area contributed by atoms with Crippen molar-refractivity contribution < 1.29 is 14.3 Å². The number of benzene rings is 2. The van der Waals surface area contributed by atoms with Crippen LogP contribution in [0.15, 0.2) is 42.5 Å². The average Bonchev–Trinajstić information content (AvgIpc) is 3.46. The summed E-state index contributed by atoms with van der Waals surface area (Å²) in [6, 6.07) is 12.7. The minimum absolute atomic E-state index is 0.0638. The topological polar surface area (TPSA) is 65.1 Å². The van der Waals surface area contributed by atoms with Crippen LogP contribution < -0.4 is 10.1 Å². The Morgan fingerprint density at radius 2 is 1.67 bits per heavy atom. The largest absolute Gasteiger partial charge is 0.492 e. The van der Waals surface area contributed by atoms with Crippen molar-refractivity contribution in [2.24, 2.45) is 0 Å². The SMILES string of the molecule is O=C(N[C@H](Cc1ccc(Cl)cc1Cl)C(=O)N1CCC(c2ccccc2OCCN2CCC2)CC1)N1CCCC1. The number of hydrogen-bond donors (Lipinski definition) is 1. The lowest BCUT2D eigenvalue weighted by molar-refractivity contribution is -0.134. The lowest BCUT2D eigenvalue weighted by Gasteiger charge is -2.35. The molecule has 7 nitrogen and oxygen atoms in total. The van der Waals surface area contributed by atoms with Crippen LogP contribution in [0.3, 0.4) is 0 Å². The van der Waals surface area contributed by atoms with Crippen molar-refractivity contribution >= 4 is 35.1 Å². The number of urea groups is 1. The van der Waals surface area contributed by atoms with Crippen molar-refractivity contribution in [1.82, 2.24) is 20.0 Å². The summed E-state index contributed by atoms with van der Waals surface area (Å²) < 4.78 is 6.19. The Hall–Kier alpha value is -2.48. The van der Waals surface area contributed by atoms with E-state index in [9.17, 15) is 9.59 Å². The Labute approximate surface area is 241 Å². The van der Waals surface area contributed by atoms with Crippen LogP contribution in [0.4, 0.5) is 4.79 Å². The highest BCUT2D eigenvalue weighted by molar-refractivity contribution is 6.35. The van der Waals surface area contributed by atoms with Crippen molar-refractivity contribution in [3.05, 3.63) is 63.6 Å². The van der Waals surface area contributed by atoms with E-state index in [-0.39, 0.29) is 11.9 Å². The van der Waals surface area contributed by atoms with Crippen LogP contribution in [0.5, 0.6) is 5.75 Å². The van der Waals surface area contributed by atoms with Gasteiger partial charge in [0.05, 0.1) is 0 Å². The molecule has 0 aromatic heterocycles. The van der Waals surface area contributed by atoms with Gasteiger partial charge in [0, 0.05) is 49.2 Å². The zero-order chi connectivity index (χ0) is 27.2. The van der Waals surface area contributed by atoms with Crippen LogP contribution in [-0.2, 0) is 11.2 Å². The monoisotopic (exact) mass is 572 g/mol. The van der Waals surface area contributed by atoms with Crippen molar-refractivity contribution in [2.45, 2.75) is 50.5 Å². The smallest absolute Gasteiger partial charge is 0.318 e. The molecule has 3 aliphatic heterocycles. The number of hydrogen-bond acceptors (Lipinski definition) is 4. The van der Waals surface area contributed by atoms with Crippen LogP contribution >= 0.6 is 23.2 Å². The van der Waals surface area contributed by atoms with Crippen LogP contribution in [0.2, 0.25) is 10.0 Å². The van der Waals surface area contributed by atoms with Crippen molar-refractivity contribution in [3.8, 4) is 5.75 Å². The van der Waals surface area contributed by atoms with Gasteiger partial charge in [0.2, 0.25) is 5.91 Å². The Bertz CT molecular complexity index is 1140. The van der Waals surface area contributed by atoms with E-state index in [0.29, 0.717) is 42.1 Å². The fourth-order valence-electron chi connectivity index (χ4n) is 5.74. The van der Waals surface area contributed by atoms with Gasteiger partial charge in [-0.1, -0.05) is 47.5 Å². The lowest BCUT2D eigenvalue weighted by Crippen LogP contribution is -2.54. The van der Waals surface area contributed by atoms with E-state index in [1.54, 1.807) is 17.0 Å². The van der Waals surface area contributed by atoms with Crippen LogP contribution in [0, 0.1) is 0 Å². The maximum atomic E-state index is 13.8. The second kappa shape index (κ2) is 13.2. The maximum absolute atomic E-state index is 13.8. The number of ether oxygens (including phenoxy) is 1. The van der Waals surface area contributed by atoms with E-state index in [1.165, 1.54) is 25.1 Å². The summed E-state index contributed by atoms with van der Waals surface area (Å²) in [7, 11) is 0. The maximum Gasteiger partial charge on any atom is 0.318 e. The zero-order valence-corrected chi connectivity index (χ0v) is 23.9. The average molecular weight is 574 g/mol. The van der Waals surface area contributed by atoms with Gasteiger partial charge >= 0.3 is 6.03 Å². The van der Waals surface area contributed by atoms with Gasteiger partial charge in [-0.3, -0.25) is 9.69 Å². The number of amides is 3. The summed E-state index contributed by atoms with van der Waals surface area (Å²) in [5.41, 5.74) is 2.01. The Morgan fingerprint density at radius 1 is 0.923 bits per heavy atom. The third-order valence-electron chi connectivity index (χ3n) is 8.21. The first-order valence-corrected chi connectivity index (χ1v) is 15.0. The number of likely N-dealkylation sites (tertiary alicyclic amines) is 3. The molecular weight excluding hydrogens is 535 g/mol. The minimum atomic E-state index is -0.689. The van der Waals surface area contributed by atoms with Gasteiger partial charge in [-0.25, -0.2) is 4.79 Å². The van der Waals surface area contributed by atoms with Gasteiger partial charge in [-0.05, 0) is 80.4 Å². The van der Waals surface area contributed by atoms with Gasteiger partial charge in [0.25, 0.3) is 0 Å². The van der Waals surface area contributed by atoms with Crippen LogP contribution in [-0.4, -0.2) is 85.1 Å². The summed E-state index contributed by atoms with van der Waals surface area (Å²) in [5, 5.41) is 4.06. The van der Waals surface area contributed by atoms with E-state index >= 15 is 0 Å². The number of carbonyl (C=O) groups is 2. The number of halogens is 2. The van der Waals surface area contributed by atoms with Gasteiger partial charge in [-0.2, -0.15) is 0 Å². The first-order valence-electron chi connectivity index (χ1n) is 14.2. The molecule has 0 aliphatic carbocycles. The fraction of sp³-hybridized carbons (Fsp3) is 0.533.